The van der Waals surface area contributed by atoms with Gasteiger partial charge in [0.15, 0.2) is 23.1 Å². The van der Waals surface area contributed by atoms with Crippen LogP contribution in [0.5, 0.6) is 11.5 Å². The molecule has 2 aromatic carbocycles. The van der Waals surface area contributed by atoms with Crippen LogP contribution in [0.3, 0.4) is 0 Å². The van der Waals surface area contributed by atoms with Crippen LogP contribution in [0.25, 0.3) is 0 Å². The highest BCUT2D eigenvalue weighted by molar-refractivity contribution is 9.10. The molecule has 10 heteroatoms. The number of pyridine rings is 1. The molecule has 3 heterocycles. The van der Waals surface area contributed by atoms with Gasteiger partial charge in [0.2, 0.25) is 5.43 Å². The van der Waals surface area contributed by atoms with Crippen molar-refractivity contribution in [2.24, 2.45) is 0 Å². The molecular weight excluding hydrogens is 500 g/mol. The van der Waals surface area contributed by atoms with E-state index in [1.807, 2.05) is 18.2 Å². The molecule has 170 valence electrons. The van der Waals surface area contributed by atoms with Crippen molar-refractivity contribution >= 4 is 21.8 Å². The van der Waals surface area contributed by atoms with Crippen LogP contribution in [-0.2, 0) is 0 Å². The molecule has 0 radical (unpaired) electrons. The predicted molar refractivity (Wildman–Crippen MR) is 119 cm³/mol. The smallest absolute Gasteiger partial charge is 0.277 e. The first-order valence-electron chi connectivity index (χ1n) is 10.2. The molecule has 7 nitrogen and oxygen atoms in total. The first-order valence-corrected chi connectivity index (χ1v) is 11.0. The van der Waals surface area contributed by atoms with Gasteiger partial charge in [0.1, 0.15) is 18.0 Å². The zero-order valence-electron chi connectivity index (χ0n) is 17.3. The lowest BCUT2D eigenvalue weighted by Crippen LogP contribution is -2.62. The molecule has 0 spiro atoms. The molecule has 0 unspecified atom stereocenters. The summed E-state index contributed by atoms with van der Waals surface area (Å²) in [5.41, 5.74) is 0.122. The third-order valence-electron chi connectivity index (χ3n) is 6.02. The minimum Gasteiger partial charge on any atom is -0.502 e. The van der Waals surface area contributed by atoms with Gasteiger partial charge in [0, 0.05) is 41.8 Å². The molecule has 0 saturated carbocycles. The average Bonchev–Trinajstić information content (AvgIpc) is 2.78. The molecular formula is C23H18BrF2N3O4. The van der Waals surface area contributed by atoms with Crippen LogP contribution in [0, 0.1) is 11.6 Å². The molecule has 1 aromatic heterocycles. The summed E-state index contributed by atoms with van der Waals surface area (Å²) in [6.45, 7) is 0.126. The van der Waals surface area contributed by atoms with E-state index in [1.54, 1.807) is 18.1 Å². The lowest BCUT2D eigenvalue weighted by Gasteiger charge is -2.50. The summed E-state index contributed by atoms with van der Waals surface area (Å²) < 4.78 is 36.6. The van der Waals surface area contributed by atoms with E-state index in [0.717, 1.165) is 18.2 Å². The van der Waals surface area contributed by atoms with Gasteiger partial charge in [-0.2, -0.15) is 0 Å². The number of carbonyl (C=O) groups excluding carboxylic acids is 1. The van der Waals surface area contributed by atoms with E-state index < -0.39 is 40.9 Å². The van der Waals surface area contributed by atoms with Crippen molar-refractivity contribution in [3.8, 4) is 11.5 Å². The summed E-state index contributed by atoms with van der Waals surface area (Å²) in [6, 6.07) is 9.73. The van der Waals surface area contributed by atoms with E-state index in [0.29, 0.717) is 22.0 Å². The molecule has 0 aliphatic carbocycles. The highest BCUT2D eigenvalue weighted by atomic mass is 79.9. The zero-order valence-corrected chi connectivity index (χ0v) is 18.9. The Labute approximate surface area is 195 Å². The topological polar surface area (TPSA) is 75.0 Å². The molecule has 2 atom stereocenters. The molecule has 2 aliphatic rings. The van der Waals surface area contributed by atoms with Crippen molar-refractivity contribution in [3.63, 3.8) is 0 Å². The minimum absolute atomic E-state index is 0.126. The van der Waals surface area contributed by atoms with E-state index in [2.05, 4.69) is 15.9 Å². The second-order valence-electron chi connectivity index (χ2n) is 7.86. The van der Waals surface area contributed by atoms with Crippen LogP contribution < -0.4 is 15.2 Å². The largest absolute Gasteiger partial charge is 0.502 e. The van der Waals surface area contributed by atoms with E-state index in [4.69, 9.17) is 4.74 Å². The Hall–Kier alpha value is -3.40. The van der Waals surface area contributed by atoms with Gasteiger partial charge in [0.25, 0.3) is 5.91 Å². The Morgan fingerprint density at radius 2 is 1.82 bits per heavy atom. The van der Waals surface area contributed by atoms with Crippen LogP contribution in [-0.4, -0.2) is 40.4 Å². The number of benzene rings is 2. The monoisotopic (exact) mass is 517 g/mol. The number of rotatable bonds is 1. The van der Waals surface area contributed by atoms with Crippen molar-refractivity contribution in [1.82, 2.24) is 9.58 Å². The molecule has 0 saturated heterocycles. The Morgan fingerprint density at radius 1 is 1.09 bits per heavy atom. The maximum atomic E-state index is 14.5. The fourth-order valence-electron chi connectivity index (χ4n) is 4.46. The van der Waals surface area contributed by atoms with E-state index in [-0.39, 0.29) is 18.1 Å². The van der Waals surface area contributed by atoms with Crippen LogP contribution in [0.15, 0.2) is 57.9 Å². The number of carbonyl (C=O) groups is 1. The lowest BCUT2D eigenvalue weighted by atomic mass is 9.94. The number of ether oxygens (including phenoxy) is 1. The molecule has 0 fully saturated rings. The lowest BCUT2D eigenvalue weighted by molar-refractivity contribution is 0.0573. The number of fused-ring (bicyclic) bond motifs is 4. The van der Waals surface area contributed by atoms with E-state index in [9.17, 15) is 23.5 Å². The summed E-state index contributed by atoms with van der Waals surface area (Å²) in [6.07, 6.45) is 1.15. The molecule has 2 aliphatic heterocycles. The molecule has 3 aromatic rings. The predicted octanol–water partition coefficient (Wildman–Crippen LogP) is 3.52. The zero-order chi connectivity index (χ0) is 23.4. The number of aromatic nitrogens is 1. The molecule has 0 bridgehead atoms. The first-order chi connectivity index (χ1) is 15.8. The second-order valence-corrected chi connectivity index (χ2v) is 8.72. The van der Waals surface area contributed by atoms with E-state index in [1.165, 1.54) is 15.8 Å². The van der Waals surface area contributed by atoms with Crippen molar-refractivity contribution in [2.75, 3.05) is 18.7 Å². The Bertz CT molecular complexity index is 1350. The minimum atomic E-state index is -1.05. The number of aromatic hydroxyl groups is 1. The third-order valence-corrected chi connectivity index (χ3v) is 6.75. The van der Waals surface area contributed by atoms with Crippen LogP contribution in [0.2, 0.25) is 0 Å². The van der Waals surface area contributed by atoms with Gasteiger partial charge in [-0.3, -0.25) is 19.3 Å². The average molecular weight is 518 g/mol. The Balaban J connectivity index is 1.87. The first kappa shape index (κ1) is 21.4. The van der Waals surface area contributed by atoms with Crippen LogP contribution in [0.4, 0.5) is 8.78 Å². The summed E-state index contributed by atoms with van der Waals surface area (Å²) in [7, 11) is 1.56. The SMILES string of the molecule is CN1C(=O)c2c(O)c(=O)ccn2N2[C@H](c3ccccc3Br)c3cc(F)c(F)cc3OCC[C@@H]12. The maximum absolute atomic E-state index is 14.5. The van der Waals surface area contributed by atoms with Crippen LogP contribution >= 0.6 is 15.9 Å². The summed E-state index contributed by atoms with van der Waals surface area (Å²) >= 11 is 3.55. The fourth-order valence-corrected chi connectivity index (χ4v) is 4.96. The van der Waals surface area contributed by atoms with Gasteiger partial charge < -0.3 is 14.7 Å². The number of amides is 1. The van der Waals surface area contributed by atoms with Gasteiger partial charge in [0.05, 0.1) is 6.61 Å². The molecule has 1 amide bonds. The van der Waals surface area contributed by atoms with Gasteiger partial charge in [-0.15, -0.1) is 0 Å². The van der Waals surface area contributed by atoms with Crippen molar-refractivity contribution in [2.45, 2.75) is 18.6 Å². The highest BCUT2D eigenvalue weighted by Crippen LogP contribution is 2.43. The summed E-state index contributed by atoms with van der Waals surface area (Å²) in [5.74, 6) is -3.13. The fraction of sp³-hybridized carbons (Fsp3) is 0.217. The van der Waals surface area contributed by atoms with Crippen molar-refractivity contribution in [1.29, 1.82) is 0 Å². The van der Waals surface area contributed by atoms with Gasteiger partial charge >= 0.3 is 0 Å². The normalized spacial score (nSPS) is 19.7. The van der Waals surface area contributed by atoms with Gasteiger partial charge in [-0.25, -0.2) is 8.78 Å². The maximum Gasteiger partial charge on any atom is 0.277 e. The second kappa shape index (κ2) is 7.87. The standard InChI is InChI=1S/C23H18BrF2N3O4/c1-27-19-7-9-33-18-11-16(26)15(25)10-13(18)20(12-4-2-3-5-14(12)24)29(19)28-8-6-17(30)22(31)21(28)23(27)32/h2-6,8,10-11,19-20,31H,7,9H2,1H3/t19-,20+/m0/s1. The highest BCUT2D eigenvalue weighted by Gasteiger charge is 2.43. The number of hydrogen-bond acceptors (Lipinski definition) is 5. The summed E-state index contributed by atoms with van der Waals surface area (Å²) in [5, 5.41) is 12.3. The summed E-state index contributed by atoms with van der Waals surface area (Å²) in [4.78, 5) is 26.7. The van der Waals surface area contributed by atoms with Crippen LogP contribution in [0.1, 0.15) is 34.1 Å². The molecule has 33 heavy (non-hydrogen) atoms. The number of nitrogens with zero attached hydrogens (tertiary/aromatic N) is 3. The quantitative estimate of drug-likeness (QED) is 0.534. The van der Waals surface area contributed by atoms with Gasteiger partial charge in [-0.05, 0) is 17.7 Å². The molecule has 5 rings (SSSR count). The van der Waals surface area contributed by atoms with E-state index >= 15 is 0 Å². The number of halogens is 3. The Kier molecular flexibility index (Phi) is 5.12. The van der Waals surface area contributed by atoms with Gasteiger partial charge in [-0.1, -0.05) is 34.1 Å². The number of hydrogen-bond donors (Lipinski definition) is 1. The van der Waals surface area contributed by atoms with Crippen molar-refractivity contribution < 1.29 is 23.4 Å². The molecule has 1 N–H and O–H groups in total. The third kappa shape index (κ3) is 3.28. The van der Waals surface area contributed by atoms with Crippen molar-refractivity contribution in [3.05, 3.63) is 91.8 Å². The Morgan fingerprint density at radius 3 is 2.58 bits per heavy atom.